The summed E-state index contributed by atoms with van der Waals surface area (Å²) in [6, 6.07) is 14.6. The fourth-order valence-corrected chi connectivity index (χ4v) is 3.37. The lowest BCUT2D eigenvalue weighted by Gasteiger charge is -2.16. The molecule has 0 spiro atoms. The molecule has 0 aliphatic carbocycles. The van der Waals surface area contributed by atoms with Gasteiger partial charge in [0.1, 0.15) is 11.5 Å². The number of nitrogens with one attached hydrogen (secondary N) is 1. The van der Waals surface area contributed by atoms with E-state index in [2.05, 4.69) is 4.98 Å². The van der Waals surface area contributed by atoms with Gasteiger partial charge in [-0.2, -0.15) is 0 Å². The van der Waals surface area contributed by atoms with Crippen molar-refractivity contribution in [2.45, 2.75) is 20.4 Å². The average Bonchev–Trinajstić information content (AvgIpc) is 3.11. The van der Waals surface area contributed by atoms with Gasteiger partial charge in [0.15, 0.2) is 0 Å². The van der Waals surface area contributed by atoms with Crippen molar-refractivity contribution in [3.63, 3.8) is 0 Å². The molecule has 1 aromatic heterocycles. The standard InChI is InChI=1S/C24H23FN2O4/c1-4-31-24(30)19-15(2)26-21(20(19)17-10-12-18(25)13-11-17)22(28)23(29)27(3)14-16-8-6-5-7-9-16/h5-13,26H,4,14H2,1-3H3. The zero-order chi connectivity index (χ0) is 22.5. The summed E-state index contributed by atoms with van der Waals surface area (Å²) in [7, 11) is 1.53. The molecule has 160 valence electrons. The number of benzene rings is 2. The van der Waals surface area contributed by atoms with Crippen LogP contribution in [0.5, 0.6) is 0 Å². The number of hydrogen-bond acceptors (Lipinski definition) is 4. The number of ketones is 1. The Morgan fingerprint density at radius 1 is 1.03 bits per heavy atom. The van der Waals surface area contributed by atoms with E-state index in [1.807, 2.05) is 30.3 Å². The predicted octanol–water partition coefficient (Wildman–Crippen LogP) is 4.15. The number of aryl methyl sites for hydroxylation is 1. The second-order valence-corrected chi connectivity index (χ2v) is 7.08. The Morgan fingerprint density at radius 2 is 1.68 bits per heavy atom. The van der Waals surface area contributed by atoms with Crippen LogP contribution in [0, 0.1) is 12.7 Å². The largest absolute Gasteiger partial charge is 0.462 e. The van der Waals surface area contributed by atoms with Gasteiger partial charge < -0.3 is 14.6 Å². The van der Waals surface area contributed by atoms with Crippen molar-refractivity contribution in [1.82, 2.24) is 9.88 Å². The number of aromatic amines is 1. The first-order chi connectivity index (χ1) is 14.8. The summed E-state index contributed by atoms with van der Waals surface area (Å²) >= 11 is 0. The molecule has 0 fully saturated rings. The Labute approximate surface area is 179 Å². The van der Waals surface area contributed by atoms with Crippen LogP contribution in [-0.2, 0) is 16.1 Å². The SMILES string of the molecule is CCOC(=O)c1c(C)[nH]c(C(=O)C(=O)N(C)Cc2ccccc2)c1-c1ccc(F)cc1. The van der Waals surface area contributed by atoms with Gasteiger partial charge in [-0.15, -0.1) is 0 Å². The average molecular weight is 422 g/mol. The summed E-state index contributed by atoms with van der Waals surface area (Å²) in [5, 5.41) is 0. The number of Topliss-reactive ketones (excluding diaryl/α,β-unsaturated/α-hetero) is 1. The molecule has 3 aromatic rings. The van der Waals surface area contributed by atoms with E-state index in [0.29, 0.717) is 11.3 Å². The monoisotopic (exact) mass is 422 g/mol. The van der Waals surface area contributed by atoms with E-state index < -0.39 is 23.5 Å². The summed E-state index contributed by atoms with van der Waals surface area (Å²) in [4.78, 5) is 42.8. The normalized spacial score (nSPS) is 10.6. The Kier molecular flexibility index (Phi) is 6.65. The number of rotatable bonds is 7. The van der Waals surface area contributed by atoms with Crippen molar-refractivity contribution in [2.24, 2.45) is 0 Å². The zero-order valence-corrected chi connectivity index (χ0v) is 17.6. The van der Waals surface area contributed by atoms with Crippen LogP contribution in [0.25, 0.3) is 11.1 Å². The van der Waals surface area contributed by atoms with E-state index in [-0.39, 0.29) is 30.0 Å². The number of carbonyl (C=O) groups excluding carboxylic acids is 3. The second kappa shape index (κ2) is 9.38. The molecule has 0 atom stereocenters. The van der Waals surface area contributed by atoms with Crippen LogP contribution < -0.4 is 0 Å². The van der Waals surface area contributed by atoms with Crippen molar-refractivity contribution in [3.8, 4) is 11.1 Å². The summed E-state index contributed by atoms with van der Waals surface area (Å²) in [5.41, 5.74) is 2.03. The Morgan fingerprint density at radius 3 is 2.29 bits per heavy atom. The number of carbonyl (C=O) groups is 3. The van der Waals surface area contributed by atoms with Gasteiger partial charge in [-0.25, -0.2) is 9.18 Å². The molecule has 31 heavy (non-hydrogen) atoms. The zero-order valence-electron chi connectivity index (χ0n) is 17.6. The number of ether oxygens (including phenoxy) is 1. The van der Waals surface area contributed by atoms with Crippen LogP contribution in [0.3, 0.4) is 0 Å². The van der Waals surface area contributed by atoms with Crippen LogP contribution in [0.1, 0.15) is 39.0 Å². The first-order valence-electron chi connectivity index (χ1n) is 9.82. The molecule has 0 aliphatic rings. The van der Waals surface area contributed by atoms with Gasteiger partial charge in [0.05, 0.1) is 12.2 Å². The van der Waals surface area contributed by atoms with Crippen molar-refractivity contribution < 1.29 is 23.5 Å². The van der Waals surface area contributed by atoms with Gasteiger partial charge in [0.25, 0.3) is 11.7 Å². The molecule has 0 unspecified atom stereocenters. The minimum Gasteiger partial charge on any atom is -0.462 e. The van der Waals surface area contributed by atoms with Gasteiger partial charge in [0, 0.05) is 24.8 Å². The van der Waals surface area contributed by atoms with Gasteiger partial charge in [-0.3, -0.25) is 9.59 Å². The van der Waals surface area contributed by atoms with Gasteiger partial charge in [-0.05, 0) is 37.1 Å². The van der Waals surface area contributed by atoms with E-state index in [4.69, 9.17) is 4.74 Å². The van der Waals surface area contributed by atoms with E-state index in [1.165, 1.54) is 36.2 Å². The number of esters is 1. The molecule has 0 bridgehead atoms. The predicted molar refractivity (Wildman–Crippen MR) is 114 cm³/mol. The summed E-state index contributed by atoms with van der Waals surface area (Å²) in [6.07, 6.45) is 0. The minimum absolute atomic E-state index is 0.0305. The lowest BCUT2D eigenvalue weighted by molar-refractivity contribution is -0.125. The third-order valence-corrected chi connectivity index (χ3v) is 4.83. The van der Waals surface area contributed by atoms with Crippen LogP contribution in [0.2, 0.25) is 0 Å². The maximum atomic E-state index is 13.5. The van der Waals surface area contributed by atoms with E-state index in [0.717, 1.165) is 5.56 Å². The maximum absolute atomic E-state index is 13.5. The Bertz CT molecular complexity index is 1100. The summed E-state index contributed by atoms with van der Waals surface area (Å²) in [5.74, 6) is -2.61. The van der Waals surface area contributed by atoms with E-state index in [9.17, 15) is 18.8 Å². The second-order valence-electron chi connectivity index (χ2n) is 7.08. The Hall–Kier alpha value is -3.74. The molecule has 7 heteroatoms. The van der Waals surface area contributed by atoms with E-state index >= 15 is 0 Å². The van der Waals surface area contributed by atoms with Crippen molar-refractivity contribution in [3.05, 3.63) is 82.9 Å². The molecule has 3 rings (SSSR count). The van der Waals surface area contributed by atoms with Gasteiger partial charge in [0.2, 0.25) is 0 Å². The smallest absolute Gasteiger partial charge is 0.340 e. The summed E-state index contributed by atoms with van der Waals surface area (Å²) in [6.45, 7) is 3.69. The summed E-state index contributed by atoms with van der Waals surface area (Å²) < 4.78 is 18.6. The van der Waals surface area contributed by atoms with Crippen molar-refractivity contribution in [1.29, 1.82) is 0 Å². The number of nitrogens with zero attached hydrogens (tertiary/aromatic N) is 1. The fourth-order valence-electron chi connectivity index (χ4n) is 3.37. The molecule has 0 radical (unpaired) electrons. The third-order valence-electron chi connectivity index (χ3n) is 4.83. The van der Waals surface area contributed by atoms with Crippen LogP contribution in [-0.4, -0.2) is 41.2 Å². The van der Waals surface area contributed by atoms with Gasteiger partial charge >= 0.3 is 5.97 Å². The number of amides is 1. The first kappa shape index (κ1) is 22.0. The Balaban J connectivity index is 2.02. The van der Waals surface area contributed by atoms with Crippen molar-refractivity contribution in [2.75, 3.05) is 13.7 Å². The van der Waals surface area contributed by atoms with E-state index in [1.54, 1.807) is 13.8 Å². The molecule has 0 saturated heterocycles. The number of hydrogen-bond donors (Lipinski definition) is 1. The molecule has 6 nitrogen and oxygen atoms in total. The molecule has 1 heterocycles. The van der Waals surface area contributed by atoms with Crippen LogP contribution in [0.4, 0.5) is 4.39 Å². The molecular formula is C24H23FN2O4. The molecule has 2 aromatic carbocycles. The topological polar surface area (TPSA) is 79.5 Å². The highest BCUT2D eigenvalue weighted by Crippen LogP contribution is 2.32. The quantitative estimate of drug-likeness (QED) is 0.352. The molecule has 1 N–H and O–H groups in total. The third kappa shape index (κ3) is 4.71. The minimum atomic E-state index is -0.795. The number of aromatic nitrogens is 1. The molecule has 0 saturated carbocycles. The number of halogens is 1. The highest BCUT2D eigenvalue weighted by Gasteiger charge is 2.31. The fraction of sp³-hybridized carbons (Fsp3) is 0.208. The maximum Gasteiger partial charge on any atom is 0.340 e. The van der Waals surface area contributed by atoms with Crippen LogP contribution in [0.15, 0.2) is 54.6 Å². The highest BCUT2D eigenvalue weighted by atomic mass is 19.1. The van der Waals surface area contributed by atoms with Gasteiger partial charge in [-0.1, -0.05) is 42.5 Å². The first-order valence-corrected chi connectivity index (χ1v) is 9.82. The van der Waals surface area contributed by atoms with Crippen LogP contribution >= 0.6 is 0 Å². The molecular weight excluding hydrogens is 399 g/mol. The lowest BCUT2D eigenvalue weighted by atomic mass is 9.98. The number of likely N-dealkylation sites (N-methyl/N-ethyl adjacent to an activating group) is 1. The number of H-pyrrole nitrogens is 1. The molecule has 1 amide bonds. The molecule has 0 aliphatic heterocycles. The van der Waals surface area contributed by atoms with Crippen molar-refractivity contribution >= 4 is 17.7 Å². The lowest BCUT2D eigenvalue weighted by Crippen LogP contribution is -2.33. The highest BCUT2D eigenvalue weighted by molar-refractivity contribution is 6.43.